The molecule has 0 aromatic heterocycles. The summed E-state index contributed by atoms with van der Waals surface area (Å²) in [6.45, 7) is 6.30. The van der Waals surface area contributed by atoms with Crippen LogP contribution in [0, 0.1) is 0 Å². The van der Waals surface area contributed by atoms with Gasteiger partial charge in [0.25, 0.3) is 0 Å². The summed E-state index contributed by atoms with van der Waals surface area (Å²) < 4.78 is 16.8. The average Bonchev–Trinajstić information content (AvgIpc) is 3.44. The van der Waals surface area contributed by atoms with Gasteiger partial charge in [-0.25, -0.2) is 0 Å². The molecule has 0 saturated carbocycles. The van der Waals surface area contributed by atoms with E-state index in [1.807, 2.05) is 0 Å². The van der Waals surface area contributed by atoms with Gasteiger partial charge < -0.3 is 14.2 Å². The van der Waals surface area contributed by atoms with E-state index in [0.29, 0.717) is 19.3 Å². The molecular weight excluding hydrogens is 961 g/mol. The lowest BCUT2D eigenvalue weighted by atomic mass is 10.1. The highest BCUT2D eigenvalue weighted by Crippen LogP contribution is 2.13. The normalized spacial score (nSPS) is 13.3. The largest absolute Gasteiger partial charge is 0.462 e. The number of esters is 3. The van der Waals surface area contributed by atoms with Crippen LogP contribution in [0.4, 0.5) is 0 Å². The second kappa shape index (κ2) is 64.3. The fraction of sp³-hybridized carbons (Fsp3) is 0.569. The molecule has 0 aliphatic heterocycles. The van der Waals surface area contributed by atoms with Gasteiger partial charge in [-0.2, -0.15) is 0 Å². The number of rotatable bonds is 54. The van der Waals surface area contributed by atoms with E-state index in [1.54, 1.807) is 0 Å². The molecule has 0 N–H and O–H groups in total. The Bertz CT molecular complexity index is 1810. The first-order valence-electron chi connectivity index (χ1n) is 31.1. The molecule has 436 valence electrons. The number of hydrogen-bond acceptors (Lipinski definition) is 6. The fourth-order valence-electron chi connectivity index (χ4n) is 7.82. The van der Waals surface area contributed by atoms with Gasteiger partial charge in [-0.05, 0) is 148 Å². The third-order valence-electron chi connectivity index (χ3n) is 12.4. The van der Waals surface area contributed by atoms with Gasteiger partial charge in [-0.1, -0.05) is 249 Å². The summed E-state index contributed by atoms with van der Waals surface area (Å²) in [6, 6.07) is 0. The van der Waals surface area contributed by atoms with Crippen LogP contribution in [0.25, 0.3) is 0 Å². The van der Waals surface area contributed by atoms with Crippen molar-refractivity contribution in [2.75, 3.05) is 13.2 Å². The predicted octanol–water partition coefficient (Wildman–Crippen LogP) is 21.5. The summed E-state index contributed by atoms with van der Waals surface area (Å²) in [4.78, 5) is 38.3. The van der Waals surface area contributed by atoms with Crippen LogP contribution in [0.3, 0.4) is 0 Å². The molecule has 0 bridgehead atoms. The van der Waals surface area contributed by atoms with E-state index in [9.17, 15) is 14.4 Å². The molecule has 0 fully saturated rings. The first-order chi connectivity index (χ1) is 38.5. The maximum Gasteiger partial charge on any atom is 0.306 e. The van der Waals surface area contributed by atoms with Crippen LogP contribution in [0.15, 0.2) is 170 Å². The van der Waals surface area contributed by atoms with Crippen molar-refractivity contribution in [1.29, 1.82) is 0 Å². The van der Waals surface area contributed by atoms with Gasteiger partial charge >= 0.3 is 17.9 Å². The Balaban J connectivity index is 4.52. The first-order valence-corrected chi connectivity index (χ1v) is 31.1. The number of hydrogen-bond donors (Lipinski definition) is 0. The minimum absolute atomic E-state index is 0.116. The Morgan fingerprint density at radius 3 is 0.808 bits per heavy atom. The highest BCUT2D eigenvalue weighted by atomic mass is 16.6. The lowest BCUT2D eigenvalue weighted by Gasteiger charge is -2.18. The lowest BCUT2D eigenvalue weighted by molar-refractivity contribution is -0.167. The molecule has 6 nitrogen and oxygen atoms in total. The Morgan fingerprint density at radius 1 is 0.269 bits per heavy atom. The molecule has 0 aromatic rings. The van der Waals surface area contributed by atoms with E-state index in [4.69, 9.17) is 14.2 Å². The second-order valence-electron chi connectivity index (χ2n) is 19.8. The molecule has 1 unspecified atom stereocenters. The number of allylic oxidation sites excluding steroid dienone is 28. The van der Waals surface area contributed by atoms with Gasteiger partial charge in [-0.3, -0.25) is 14.4 Å². The van der Waals surface area contributed by atoms with Crippen LogP contribution in [0.1, 0.15) is 245 Å². The number of unbranched alkanes of at least 4 members (excludes halogenated alkanes) is 15. The maximum absolute atomic E-state index is 12.9. The monoisotopic (exact) mass is 1070 g/mol. The van der Waals surface area contributed by atoms with Crippen molar-refractivity contribution >= 4 is 17.9 Å². The maximum atomic E-state index is 12.9. The summed E-state index contributed by atoms with van der Waals surface area (Å²) in [5.74, 6) is -0.994. The molecule has 0 spiro atoms. The molecule has 1 atom stereocenters. The summed E-state index contributed by atoms with van der Waals surface area (Å²) in [5.41, 5.74) is 0. The molecule has 0 radical (unpaired) electrons. The number of ether oxygens (including phenoxy) is 3. The first kappa shape index (κ1) is 72.8. The third kappa shape index (κ3) is 61.6. The summed E-state index contributed by atoms with van der Waals surface area (Å²) in [5, 5.41) is 0. The Morgan fingerprint density at radius 2 is 0.500 bits per heavy atom. The highest BCUT2D eigenvalue weighted by molar-refractivity contribution is 5.71. The summed E-state index contributed by atoms with van der Waals surface area (Å²) >= 11 is 0. The summed E-state index contributed by atoms with van der Waals surface area (Å²) in [7, 11) is 0. The van der Waals surface area contributed by atoms with Crippen molar-refractivity contribution in [3.63, 3.8) is 0 Å². The van der Waals surface area contributed by atoms with Crippen molar-refractivity contribution in [3.8, 4) is 0 Å². The molecular formula is C72H112O6. The van der Waals surface area contributed by atoms with Crippen molar-refractivity contribution in [3.05, 3.63) is 170 Å². The molecule has 0 aliphatic rings. The molecule has 78 heavy (non-hydrogen) atoms. The average molecular weight is 1070 g/mol. The van der Waals surface area contributed by atoms with Crippen molar-refractivity contribution in [1.82, 2.24) is 0 Å². The van der Waals surface area contributed by atoms with E-state index in [2.05, 4.69) is 191 Å². The smallest absolute Gasteiger partial charge is 0.306 e. The van der Waals surface area contributed by atoms with Crippen molar-refractivity contribution in [2.45, 2.75) is 252 Å². The van der Waals surface area contributed by atoms with Crippen molar-refractivity contribution in [2.24, 2.45) is 0 Å². The third-order valence-corrected chi connectivity index (χ3v) is 12.4. The molecule has 0 rings (SSSR count). The van der Waals surface area contributed by atoms with Gasteiger partial charge in [0.2, 0.25) is 0 Å². The van der Waals surface area contributed by atoms with E-state index in [0.717, 1.165) is 167 Å². The molecule has 0 aliphatic carbocycles. The van der Waals surface area contributed by atoms with Crippen LogP contribution >= 0.6 is 0 Å². The van der Waals surface area contributed by atoms with E-state index in [1.165, 1.54) is 32.1 Å². The summed E-state index contributed by atoms with van der Waals surface area (Å²) in [6.07, 6.45) is 94.9. The Labute approximate surface area is 479 Å². The van der Waals surface area contributed by atoms with Crippen molar-refractivity contribution < 1.29 is 28.6 Å². The molecule has 0 heterocycles. The topological polar surface area (TPSA) is 78.9 Å². The number of carbonyl (C=O) groups is 3. The van der Waals surface area contributed by atoms with Gasteiger partial charge in [0.15, 0.2) is 6.10 Å². The lowest BCUT2D eigenvalue weighted by Crippen LogP contribution is -2.30. The van der Waals surface area contributed by atoms with Crippen LogP contribution in [0.2, 0.25) is 0 Å². The second-order valence-corrected chi connectivity index (χ2v) is 19.8. The van der Waals surface area contributed by atoms with E-state index in [-0.39, 0.29) is 37.5 Å². The quantitative estimate of drug-likeness (QED) is 0.0261. The van der Waals surface area contributed by atoms with Crippen LogP contribution in [-0.4, -0.2) is 37.2 Å². The zero-order valence-corrected chi connectivity index (χ0v) is 49.9. The standard InChI is InChI=1S/C72H112O6/c1-4-7-10-13-16-19-22-25-28-30-32-34-35-36-37-39-40-42-44-47-50-53-56-59-62-65-71(74)77-68-69(67-76-70(73)64-61-58-55-52-49-46-27-24-21-18-15-12-9-6-3)78-72(75)66-63-60-57-54-51-48-45-43-41-38-33-31-29-26-23-20-17-14-11-8-5-2/h7-8,10-11,15-20,24-29,32-34,36-38,40,42-43,45,51,54,69H,4-6,9,12-14,21-23,30-31,35,39,41,44,46-50,52-53,55-68H2,1-3H3/b10-7-,11-8-,18-15-,19-16-,20-17-,27-24-,28-25-,29-26-,34-32-,37-36-,38-33-,42-40-,45-43-,54-51-. The van der Waals surface area contributed by atoms with Gasteiger partial charge in [-0.15, -0.1) is 0 Å². The van der Waals surface area contributed by atoms with E-state index >= 15 is 0 Å². The minimum atomic E-state index is -0.824. The number of carbonyl (C=O) groups excluding carboxylic acids is 3. The van der Waals surface area contributed by atoms with Gasteiger partial charge in [0.1, 0.15) is 13.2 Å². The molecule has 0 saturated heterocycles. The van der Waals surface area contributed by atoms with Gasteiger partial charge in [0, 0.05) is 19.3 Å². The van der Waals surface area contributed by atoms with Crippen LogP contribution in [0.5, 0.6) is 0 Å². The molecule has 0 amide bonds. The van der Waals surface area contributed by atoms with Crippen LogP contribution < -0.4 is 0 Å². The minimum Gasteiger partial charge on any atom is -0.462 e. The molecule has 0 aromatic carbocycles. The fourth-order valence-corrected chi connectivity index (χ4v) is 7.82. The van der Waals surface area contributed by atoms with E-state index < -0.39 is 6.10 Å². The zero-order valence-electron chi connectivity index (χ0n) is 49.9. The SMILES string of the molecule is CC/C=C\C/C=C\C/C=C\C/C=C\C/C=C\C/C=C\CCCCCCCCC(=O)OCC(COC(=O)CCCCCCC/C=C\C/C=C\CCCC)OC(=O)CCCC/C=C\C/C=C\C/C=C\C/C=C\C/C=C\C/C=C\CC. The predicted molar refractivity (Wildman–Crippen MR) is 338 cm³/mol. The highest BCUT2D eigenvalue weighted by Gasteiger charge is 2.19. The Kier molecular flexibility index (Phi) is 60.0. The molecule has 6 heteroatoms. The zero-order chi connectivity index (χ0) is 56.4. The van der Waals surface area contributed by atoms with Gasteiger partial charge in [0.05, 0.1) is 0 Å². The van der Waals surface area contributed by atoms with Crippen LogP contribution in [-0.2, 0) is 28.6 Å². The Hall–Kier alpha value is -5.23.